The minimum absolute atomic E-state index is 0.130. The lowest BCUT2D eigenvalue weighted by molar-refractivity contribution is -0.189. The van der Waals surface area contributed by atoms with Gasteiger partial charge in [0.25, 0.3) is 0 Å². The molecule has 0 saturated carbocycles. The van der Waals surface area contributed by atoms with Crippen molar-refractivity contribution >= 4 is 23.2 Å². The van der Waals surface area contributed by atoms with Gasteiger partial charge in [0, 0.05) is 10.6 Å². The van der Waals surface area contributed by atoms with Crippen LogP contribution >= 0.6 is 23.2 Å². The van der Waals surface area contributed by atoms with E-state index in [4.69, 9.17) is 32.7 Å². The summed E-state index contributed by atoms with van der Waals surface area (Å²) < 4.78 is 13.5. The molecular formula is C13H13Cl2N3O3. The minimum Gasteiger partial charge on any atom is -0.394 e. The van der Waals surface area contributed by atoms with E-state index in [-0.39, 0.29) is 13.2 Å². The first kappa shape index (κ1) is 14.7. The van der Waals surface area contributed by atoms with E-state index in [1.165, 1.54) is 0 Å². The minimum atomic E-state index is -1.10. The van der Waals surface area contributed by atoms with Crippen LogP contribution in [0.25, 0.3) is 0 Å². The molecule has 2 atom stereocenters. The molecule has 112 valence electrons. The molecule has 1 aromatic carbocycles. The molecular weight excluding hydrogens is 317 g/mol. The second kappa shape index (κ2) is 5.90. The standard InChI is InChI=1S/C13H13Cl2N3O3/c14-9-1-2-11(12(15)3-9)13(6-18-7-16-17-8-18)20-5-10(4-19)21-13/h1-3,7-8,10,19H,4-6H2. The Morgan fingerprint density at radius 2 is 2.10 bits per heavy atom. The van der Waals surface area contributed by atoms with Crippen LogP contribution in [0.5, 0.6) is 0 Å². The van der Waals surface area contributed by atoms with Crippen LogP contribution < -0.4 is 0 Å². The van der Waals surface area contributed by atoms with Gasteiger partial charge in [0.15, 0.2) is 0 Å². The van der Waals surface area contributed by atoms with Crippen LogP contribution in [0, 0.1) is 0 Å². The molecule has 1 aliphatic rings. The Balaban J connectivity index is 1.99. The number of benzene rings is 1. The molecule has 0 spiro atoms. The van der Waals surface area contributed by atoms with Crippen molar-refractivity contribution in [2.24, 2.45) is 0 Å². The maximum Gasteiger partial charge on any atom is 0.215 e. The Morgan fingerprint density at radius 3 is 2.71 bits per heavy atom. The fourth-order valence-corrected chi connectivity index (χ4v) is 2.86. The molecule has 0 amide bonds. The van der Waals surface area contributed by atoms with Gasteiger partial charge in [0.1, 0.15) is 18.8 Å². The third kappa shape index (κ3) is 2.90. The van der Waals surface area contributed by atoms with E-state index in [1.807, 2.05) is 0 Å². The lowest BCUT2D eigenvalue weighted by atomic mass is 10.1. The van der Waals surface area contributed by atoms with Gasteiger partial charge in [0.05, 0.1) is 24.8 Å². The van der Waals surface area contributed by atoms with Gasteiger partial charge in [0.2, 0.25) is 5.79 Å². The summed E-state index contributed by atoms with van der Waals surface area (Å²) in [4.78, 5) is 0. The Bertz CT molecular complexity index is 623. The van der Waals surface area contributed by atoms with E-state index in [0.717, 1.165) is 0 Å². The van der Waals surface area contributed by atoms with Gasteiger partial charge in [-0.2, -0.15) is 0 Å². The van der Waals surface area contributed by atoms with E-state index in [0.29, 0.717) is 22.2 Å². The largest absolute Gasteiger partial charge is 0.394 e. The van der Waals surface area contributed by atoms with Gasteiger partial charge in [-0.3, -0.25) is 0 Å². The first-order valence-electron chi connectivity index (χ1n) is 6.33. The lowest BCUT2D eigenvalue weighted by Gasteiger charge is -2.29. The zero-order valence-electron chi connectivity index (χ0n) is 10.9. The van der Waals surface area contributed by atoms with E-state index >= 15 is 0 Å². The van der Waals surface area contributed by atoms with Crippen molar-refractivity contribution in [2.75, 3.05) is 13.2 Å². The summed E-state index contributed by atoms with van der Waals surface area (Å²) in [6, 6.07) is 5.11. The van der Waals surface area contributed by atoms with E-state index in [2.05, 4.69) is 10.2 Å². The second-order valence-corrected chi connectivity index (χ2v) is 5.59. The van der Waals surface area contributed by atoms with Crippen LogP contribution in [0.1, 0.15) is 5.56 Å². The van der Waals surface area contributed by atoms with Crippen molar-refractivity contribution in [3.63, 3.8) is 0 Å². The van der Waals surface area contributed by atoms with Crippen LogP contribution in [0.2, 0.25) is 10.0 Å². The van der Waals surface area contributed by atoms with E-state index < -0.39 is 11.9 Å². The summed E-state index contributed by atoms with van der Waals surface area (Å²) in [6.45, 7) is 0.463. The number of aliphatic hydroxyl groups is 1. The van der Waals surface area contributed by atoms with Crippen molar-refractivity contribution in [2.45, 2.75) is 18.4 Å². The van der Waals surface area contributed by atoms with Crippen molar-refractivity contribution in [3.8, 4) is 0 Å². The quantitative estimate of drug-likeness (QED) is 0.926. The first-order valence-corrected chi connectivity index (χ1v) is 7.09. The average Bonchev–Trinajstić information content (AvgIpc) is 3.09. The summed E-state index contributed by atoms with van der Waals surface area (Å²) in [5.41, 5.74) is 0.651. The van der Waals surface area contributed by atoms with Crippen LogP contribution in [-0.4, -0.2) is 39.2 Å². The summed E-state index contributed by atoms with van der Waals surface area (Å²) in [5, 5.41) is 17.8. The van der Waals surface area contributed by atoms with Gasteiger partial charge >= 0.3 is 0 Å². The van der Waals surface area contributed by atoms with Crippen LogP contribution in [0.3, 0.4) is 0 Å². The highest BCUT2D eigenvalue weighted by Gasteiger charge is 2.44. The lowest BCUT2D eigenvalue weighted by Crippen LogP contribution is -2.34. The molecule has 2 heterocycles. The van der Waals surface area contributed by atoms with Crippen LogP contribution in [0.4, 0.5) is 0 Å². The first-order chi connectivity index (χ1) is 10.1. The molecule has 2 unspecified atom stereocenters. The number of aromatic nitrogens is 3. The van der Waals surface area contributed by atoms with Crippen molar-refractivity contribution in [1.82, 2.24) is 14.8 Å². The summed E-state index contributed by atoms with van der Waals surface area (Å²) in [6.07, 6.45) is 2.71. The molecule has 0 radical (unpaired) electrons. The summed E-state index contributed by atoms with van der Waals surface area (Å²) >= 11 is 12.2. The molecule has 0 aliphatic carbocycles. The predicted molar refractivity (Wildman–Crippen MR) is 76.1 cm³/mol. The zero-order valence-corrected chi connectivity index (χ0v) is 12.5. The zero-order chi connectivity index (χ0) is 14.9. The molecule has 1 aromatic heterocycles. The molecule has 3 rings (SSSR count). The number of rotatable bonds is 4. The molecule has 1 saturated heterocycles. The Hall–Kier alpha value is -1.18. The van der Waals surface area contributed by atoms with Gasteiger partial charge in [-0.15, -0.1) is 10.2 Å². The Labute approximate surface area is 131 Å². The van der Waals surface area contributed by atoms with E-state index in [9.17, 15) is 5.11 Å². The van der Waals surface area contributed by atoms with Crippen molar-refractivity contribution < 1.29 is 14.6 Å². The highest BCUT2D eigenvalue weighted by atomic mass is 35.5. The van der Waals surface area contributed by atoms with Gasteiger partial charge in [-0.1, -0.05) is 29.3 Å². The molecule has 8 heteroatoms. The molecule has 2 aromatic rings. The van der Waals surface area contributed by atoms with Crippen molar-refractivity contribution in [1.29, 1.82) is 0 Å². The number of hydrogen-bond donors (Lipinski definition) is 1. The molecule has 6 nitrogen and oxygen atoms in total. The third-order valence-corrected chi connectivity index (χ3v) is 3.81. The van der Waals surface area contributed by atoms with Crippen LogP contribution in [0.15, 0.2) is 30.9 Å². The average molecular weight is 330 g/mol. The number of aliphatic hydroxyl groups excluding tert-OH is 1. The number of halogens is 2. The number of ether oxygens (including phenoxy) is 2. The Morgan fingerprint density at radius 1 is 1.33 bits per heavy atom. The van der Waals surface area contributed by atoms with Crippen LogP contribution in [-0.2, 0) is 21.8 Å². The molecule has 0 bridgehead atoms. The molecule has 1 aliphatic heterocycles. The topological polar surface area (TPSA) is 69.4 Å². The molecule has 1 N–H and O–H groups in total. The number of nitrogens with zero attached hydrogens (tertiary/aromatic N) is 3. The molecule has 1 fully saturated rings. The molecule has 21 heavy (non-hydrogen) atoms. The predicted octanol–water partition coefficient (Wildman–Crippen LogP) is 1.85. The monoisotopic (exact) mass is 329 g/mol. The Kier molecular flexibility index (Phi) is 4.14. The van der Waals surface area contributed by atoms with Gasteiger partial charge < -0.3 is 19.1 Å². The van der Waals surface area contributed by atoms with Gasteiger partial charge in [-0.25, -0.2) is 0 Å². The maximum absolute atomic E-state index is 9.29. The number of hydrogen-bond acceptors (Lipinski definition) is 5. The smallest absolute Gasteiger partial charge is 0.215 e. The summed E-state index contributed by atoms with van der Waals surface area (Å²) in [7, 11) is 0. The summed E-state index contributed by atoms with van der Waals surface area (Å²) in [5.74, 6) is -1.10. The van der Waals surface area contributed by atoms with Crippen molar-refractivity contribution in [3.05, 3.63) is 46.5 Å². The SMILES string of the molecule is OCC1COC(Cn2cnnc2)(c2ccc(Cl)cc2Cl)O1. The normalized spacial score (nSPS) is 25.4. The van der Waals surface area contributed by atoms with E-state index in [1.54, 1.807) is 35.4 Å². The second-order valence-electron chi connectivity index (χ2n) is 4.74. The van der Waals surface area contributed by atoms with Gasteiger partial charge in [-0.05, 0) is 12.1 Å². The third-order valence-electron chi connectivity index (χ3n) is 3.26. The highest BCUT2D eigenvalue weighted by Crippen LogP contribution is 2.40. The highest BCUT2D eigenvalue weighted by molar-refractivity contribution is 6.35. The maximum atomic E-state index is 9.29. The fraction of sp³-hybridized carbons (Fsp3) is 0.385. The fourth-order valence-electron chi connectivity index (χ4n) is 2.31.